The van der Waals surface area contributed by atoms with E-state index in [9.17, 15) is 4.79 Å². The fraction of sp³-hybridized carbons (Fsp3) is 0.318. The van der Waals surface area contributed by atoms with Gasteiger partial charge in [-0.2, -0.15) is 0 Å². The lowest BCUT2D eigenvalue weighted by atomic mass is 10.3. The second kappa shape index (κ2) is 9.66. The average Bonchev–Trinajstić information content (AvgIpc) is 3.35. The van der Waals surface area contributed by atoms with Crippen molar-refractivity contribution in [3.63, 3.8) is 0 Å². The van der Waals surface area contributed by atoms with E-state index in [0.717, 1.165) is 34.5 Å². The van der Waals surface area contributed by atoms with Crippen molar-refractivity contribution in [2.45, 2.75) is 43.2 Å². The van der Waals surface area contributed by atoms with Gasteiger partial charge in [-0.3, -0.25) is 9.36 Å². The van der Waals surface area contributed by atoms with E-state index >= 15 is 0 Å². The maximum absolute atomic E-state index is 12.2. The molecule has 0 unspecified atom stereocenters. The van der Waals surface area contributed by atoms with E-state index in [1.54, 1.807) is 0 Å². The first-order valence-corrected chi connectivity index (χ1v) is 11.6. The van der Waals surface area contributed by atoms with Gasteiger partial charge in [0.25, 0.3) is 0 Å². The van der Waals surface area contributed by atoms with Crippen molar-refractivity contribution in [1.29, 1.82) is 0 Å². The molecule has 0 aliphatic heterocycles. The molecule has 2 aromatic carbocycles. The molecule has 0 amide bonds. The molecule has 0 radical (unpaired) electrons. The zero-order valence-electron chi connectivity index (χ0n) is 16.6. The smallest absolute Gasteiger partial charge is 0.196 e. The highest BCUT2D eigenvalue weighted by molar-refractivity contribution is 9.10. The number of carbonyl (C=O) groups excluding carboxylic acids is 1. The molecule has 1 fully saturated rings. The van der Waals surface area contributed by atoms with E-state index < -0.39 is 0 Å². The fourth-order valence-corrected chi connectivity index (χ4v) is 4.76. The number of thioether (sulfide) groups is 1. The molecule has 8 heteroatoms. The molecule has 0 bridgehead atoms. The van der Waals surface area contributed by atoms with E-state index in [1.165, 1.54) is 11.8 Å². The lowest BCUT2D eigenvalue weighted by molar-refractivity contribution is -0.116. The Morgan fingerprint density at radius 2 is 1.77 bits per heavy atom. The summed E-state index contributed by atoms with van der Waals surface area (Å²) < 4.78 is 14.4. The van der Waals surface area contributed by atoms with Crippen molar-refractivity contribution in [2.75, 3.05) is 6.61 Å². The predicted octanol–water partition coefficient (Wildman–Crippen LogP) is 5.22. The second-order valence-electron chi connectivity index (χ2n) is 6.87. The molecule has 30 heavy (non-hydrogen) atoms. The Kier molecular flexibility index (Phi) is 6.74. The summed E-state index contributed by atoms with van der Waals surface area (Å²) in [6.45, 7) is 2.84. The number of rotatable bonds is 8. The Balaban J connectivity index is 1.61. The van der Waals surface area contributed by atoms with Gasteiger partial charge in [-0.25, -0.2) is 0 Å². The number of hydrogen-bond acceptors (Lipinski definition) is 6. The Morgan fingerprint density at radius 3 is 2.43 bits per heavy atom. The maximum atomic E-state index is 12.2. The Morgan fingerprint density at radius 1 is 1.07 bits per heavy atom. The maximum Gasteiger partial charge on any atom is 0.196 e. The van der Waals surface area contributed by atoms with Gasteiger partial charge in [0.1, 0.15) is 23.9 Å². The molecule has 1 aromatic heterocycles. The lowest BCUT2D eigenvalue weighted by Gasteiger charge is -2.13. The van der Waals surface area contributed by atoms with E-state index in [0.29, 0.717) is 24.0 Å². The first kappa shape index (κ1) is 20.9. The summed E-state index contributed by atoms with van der Waals surface area (Å²) in [4.78, 5) is 12.2. The number of carbonyl (C=O) groups is 1. The van der Waals surface area contributed by atoms with Gasteiger partial charge < -0.3 is 9.47 Å². The normalized spacial score (nSPS) is 16.1. The van der Waals surface area contributed by atoms with Gasteiger partial charge in [-0.15, -0.1) is 10.2 Å². The number of Topliss-reactive ketones (excluding diaryl/α,β-unsaturated/α-hetero) is 1. The quantitative estimate of drug-likeness (QED) is 0.433. The monoisotopic (exact) mass is 487 g/mol. The first-order valence-electron chi connectivity index (χ1n) is 9.89. The van der Waals surface area contributed by atoms with Crippen LogP contribution in [0.3, 0.4) is 0 Å². The number of aromatic nitrogens is 3. The van der Waals surface area contributed by atoms with Gasteiger partial charge in [0.2, 0.25) is 0 Å². The molecule has 1 atom stereocenters. The zero-order chi connectivity index (χ0) is 20.9. The topological polar surface area (TPSA) is 66.2 Å². The molecule has 1 heterocycles. The van der Waals surface area contributed by atoms with Crippen LogP contribution >= 0.6 is 27.7 Å². The van der Waals surface area contributed by atoms with Crippen LogP contribution in [-0.4, -0.2) is 32.4 Å². The van der Waals surface area contributed by atoms with Crippen LogP contribution in [0.15, 0.2) is 58.2 Å². The summed E-state index contributed by atoms with van der Waals surface area (Å²) in [6.07, 6.45) is 2.46. The van der Waals surface area contributed by atoms with Crippen molar-refractivity contribution in [3.8, 4) is 17.2 Å². The molecule has 156 valence electrons. The Bertz CT molecular complexity index is 1010. The van der Waals surface area contributed by atoms with Crippen LogP contribution in [0.5, 0.6) is 11.5 Å². The lowest BCUT2D eigenvalue weighted by Crippen LogP contribution is -2.11. The van der Waals surface area contributed by atoms with Crippen LogP contribution in [0.4, 0.5) is 0 Å². The standard InChI is InChI=1S/C22H22BrN3O3S/c1-2-28-17-12-8-16(9-13-17)26-21(14-29-18-10-6-15(23)7-11-18)24-25-22(26)30-20-5-3-4-19(20)27/h6-13,20H,2-5,14H2,1H3/t20-/m1/s1. The Labute approximate surface area is 188 Å². The second-order valence-corrected chi connectivity index (χ2v) is 8.95. The molecule has 1 aliphatic rings. The van der Waals surface area contributed by atoms with Crippen LogP contribution in [-0.2, 0) is 11.4 Å². The summed E-state index contributed by atoms with van der Waals surface area (Å²) in [5, 5.41) is 9.39. The van der Waals surface area contributed by atoms with Gasteiger partial charge in [0.05, 0.1) is 11.9 Å². The highest BCUT2D eigenvalue weighted by Crippen LogP contribution is 2.33. The van der Waals surface area contributed by atoms with Crippen molar-refractivity contribution >= 4 is 33.5 Å². The summed E-state index contributed by atoms with van der Waals surface area (Å²) in [5.74, 6) is 2.52. The molecule has 0 N–H and O–H groups in total. The molecule has 3 aromatic rings. The number of ketones is 1. The number of ether oxygens (including phenoxy) is 2. The van der Waals surface area contributed by atoms with E-state index in [2.05, 4.69) is 26.1 Å². The Hall–Kier alpha value is -2.32. The molecular weight excluding hydrogens is 466 g/mol. The number of nitrogens with zero attached hydrogens (tertiary/aromatic N) is 3. The number of benzene rings is 2. The molecular formula is C22H22BrN3O3S. The molecule has 4 rings (SSSR count). The largest absolute Gasteiger partial charge is 0.494 e. The van der Waals surface area contributed by atoms with E-state index in [4.69, 9.17) is 9.47 Å². The third-order valence-electron chi connectivity index (χ3n) is 4.78. The van der Waals surface area contributed by atoms with E-state index in [-0.39, 0.29) is 17.6 Å². The summed E-state index contributed by atoms with van der Waals surface area (Å²) >= 11 is 4.91. The minimum absolute atomic E-state index is 0.0594. The third kappa shape index (κ3) is 4.87. The van der Waals surface area contributed by atoms with Gasteiger partial charge in [-0.05, 0) is 68.3 Å². The van der Waals surface area contributed by atoms with Crippen molar-refractivity contribution < 1.29 is 14.3 Å². The minimum atomic E-state index is -0.0594. The summed E-state index contributed by atoms with van der Waals surface area (Å²) in [6, 6.07) is 15.4. The predicted molar refractivity (Wildman–Crippen MR) is 120 cm³/mol. The first-order chi connectivity index (χ1) is 14.6. The van der Waals surface area contributed by atoms with Crippen molar-refractivity contribution in [2.24, 2.45) is 0 Å². The summed E-state index contributed by atoms with van der Waals surface area (Å²) in [7, 11) is 0. The molecule has 0 saturated heterocycles. The number of halogens is 1. The molecule has 6 nitrogen and oxygen atoms in total. The van der Waals surface area contributed by atoms with Crippen LogP contribution in [0.25, 0.3) is 5.69 Å². The highest BCUT2D eigenvalue weighted by atomic mass is 79.9. The van der Waals surface area contributed by atoms with Gasteiger partial charge in [0.15, 0.2) is 11.0 Å². The highest BCUT2D eigenvalue weighted by Gasteiger charge is 2.28. The summed E-state index contributed by atoms with van der Waals surface area (Å²) in [5.41, 5.74) is 0.908. The van der Waals surface area contributed by atoms with Crippen LogP contribution in [0.1, 0.15) is 32.0 Å². The van der Waals surface area contributed by atoms with Crippen LogP contribution < -0.4 is 9.47 Å². The minimum Gasteiger partial charge on any atom is -0.494 e. The van der Waals surface area contributed by atoms with Gasteiger partial charge in [0, 0.05) is 16.6 Å². The van der Waals surface area contributed by atoms with Gasteiger partial charge in [-0.1, -0.05) is 27.7 Å². The zero-order valence-corrected chi connectivity index (χ0v) is 19.0. The van der Waals surface area contributed by atoms with Crippen LogP contribution in [0, 0.1) is 0 Å². The van der Waals surface area contributed by atoms with Crippen molar-refractivity contribution in [1.82, 2.24) is 14.8 Å². The van der Waals surface area contributed by atoms with Gasteiger partial charge >= 0.3 is 0 Å². The molecule has 0 spiro atoms. The third-order valence-corrected chi connectivity index (χ3v) is 6.57. The van der Waals surface area contributed by atoms with Crippen molar-refractivity contribution in [3.05, 3.63) is 58.8 Å². The molecule has 1 aliphatic carbocycles. The fourth-order valence-electron chi connectivity index (χ4n) is 3.30. The average molecular weight is 488 g/mol. The number of hydrogen-bond donors (Lipinski definition) is 0. The molecule has 1 saturated carbocycles. The van der Waals surface area contributed by atoms with E-state index in [1.807, 2.05) is 60.0 Å². The SMILES string of the molecule is CCOc1ccc(-n2c(COc3ccc(Br)cc3)nnc2S[C@@H]2CCCC2=O)cc1. The van der Waals surface area contributed by atoms with Crippen LogP contribution in [0.2, 0.25) is 0 Å².